The van der Waals surface area contributed by atoms with Crippen LogP contribution in [0.1, 0.15) is 23.6 Å². The number of aryl methyl sites for hydroxylation is 1. The lowest BCUT2D eigenvalue weighted by atomic mass is 10.0. The average molecular weight is 402 g/mol. The molecule has 3 rings (SSSR count). The molecule has 1 aromatic heterocycles. The van der Waals surface area contributed by atoms with Gasteiger partial charge in [0.1, 0.15) is 0 Å². The van der Waals surface area contributed by atoms with Gasteiger partial charge in [-0.1, -0.05) is 29.8 Å². The van der Waals surface area contributed by atoms with E-state index in [2.05, 4.69) is 25.6 Å². The summed E-state index contributed by atoms with van der Waals surface area (Å²) in [5.41, 5.74) is 1.92. The minimum absolute atomic E-state index is 0.0632. The minimum Gasteiger partial charge on any atom is -0.481 e. The van der Waals surface area contributed by atoms with Gasteiger partial charge in [-0.15, -0.1) is 0 Å². The third-order valence-electron chi connectivity index (χ3n) is 4.47. The Balaban J connectivity index is 1.88. The molecule has 0 radical (unpaired) electrons. The molecule has 1 aromatic carbocycles. The number of carbonyl (C=O) groups is 1. The summed E-state index contributed by atoms with van der Waals surface area (Å²) < 4.78 is 5.38. The molecule has 1 unspecified atom stereocenters. The van der Waals surface area contributed by atoms with Crippen molar-refractivity contribution in [2.75, 3.05) is 55.0 Å². The summed E-state index contributed by atoms with van der Waals surface area (Å²) in [4.78, 5) is 26.7. The predicted octanol–water partition coefficient (Wildman–Crippen LogP) is 1.05. The number of nitrogens with zero attached hydrogens (tertiary/aromatic N) is 4. The van der Waals surface area contributed by atoms with E-state index in [-0.39, 0.29) is 19.0 Å². The third-order valence-corrected chi connectivity index (χ3v) is 4.47. The Morgan fingerprint density at radius 2 is 1.86 bits per heavy atom. The van der Waals surface area contributed by atoms with Gasteiger partial charge in [0, 0.05) is 19.6 Å². The van der Waals surface area contributed by atoms with Gasteiger partial charge in [0.05, 0.1) is 32.3 Å². The SMILES string of the molecule is Cc1ccc(C(CC(=O)O)Nc2nc(NCCO)nc(N3CCOCC3)n2)cc1. The zero-order chi connectivity index (χ0) is 20.6. The van der Waals surface area contributed by atoms with Crippen molar-refractivity contribution in [3.8, 4) is 0 Å². The number of rotatable bonds is 9. The molecular formula is C19H26N6O4. The number of benzene rings is 1. The van der Waals surface area contributed by atoms with Crippen LogP contribution in [0.2, 0.25) is 0 Å². The van der Waals surface area contributed by atoms with Gasteiger partial charge >= 0.3 is 5.97 Å². The first-order chi connectivity index (χ1) is 14.0. The molecule has 1 aliphatic heterocycles. The molecule has 156 valence electrons. The molecule has 10 nitrogen and oxygen atoms in total. The largest absolute Gasteiger partial charge is 0.481 e. The van der Waals surface area contributed by atoms with E-state index in [0.717, 1.165) is 11.1 Å². The van der Waals surface area contributed by atoms with E-state index in [1.807, 2.05) is 36.1 Å². The van der Waals surface area contributed by atoms with Crippen molar-refractivity contribution in [3.63, 3.8) is 0 Å². The van der Waals surface area contributed by atoms with Crippen molar-refractivity contribution in [1.29, 1.82) is 0 Å². The number of aliphatic carboxylic acids is 1. The highest BCUT2D eigenvalue weighted by Crippen LogP contribution is 2.23. The summed E-state index contributed by atoms with van der Waals surface area (Å²) in [5.74, 6) is 0.137. The second-order valence-corrected chi connectivity index (χ2v) is 6.74. The van der Waals surface area contributed by atoms with Crippen LogP contribution in [0.15, 0.2) is 24.3 Å². The van der Waals surface area contributed by atoms with Crippen LogP contribution in [0.3, 0.4) is 0 Å². The van der Waals surface area contributed by atoms with Crippen LogP contribution >= 0.6 is 0 Å². The highest BCUT2D eigenvalue weighted by atomic mass is 16.5. The van der Waals surface area contributed by atoms with Gasteiger partial charge in [-0.2, -0.15) is 15.0 Å². The lowest BCUT2D eigenvalue weighted by Gasteiger charge is -2.27. The van der Waals surface area contributed by atoms with Crippen molar-refractivity contribution in [1.82, 2.24) is 15.0 Å². The molecule has 10 heteroatoms. The minimum atomic E-state index is -0.927. The number of hydrogen-bond acceptors (Lipinski definition) is 9. The van der Waals surface area contributed by atoms with E-state index < -0.39 is 12.0 Å². The molecule has 1 saturated heterocycles. The first-order valence-corrected chi connectivity index (χ1v) is 9.53. The van der Waals surface area contributed by atoms with Crippen LogP contribution in [-0.4, -0.2) is 70.6 Å². The Kier molecular flexibility index (Phi) is 7.14. The molecule has 4 N–H and O–H groups in total. The van der Waals surface area contributed by atoms with E-state index in [9.17, 15) is 9.90 Å². The van der Waals surface area contributed by atoms with E-state index in [4.69, 9.17) is 9.84 Å². The number of ether oxygens (including phenoxy) is 1. The highest BCUT2D eigenvalue weighted by molar-refractivity contribution is 5.68. The lowest BCUT2D eigenvalue weighted by Crippen LogP contribution is -2.37. The summed E-state index contributed by atoms with van der Waals surface area (Å²) in [6.45, 7) is 4.68. The van der Waals surface area contributed by atoms with E-state index in [1.165, 1.54) is 0 Å². The Morgan fingerprint density at radius 3 is 2.52 bits per heavy atom. The first-order valence-electron chi connectivity index (χ1n) is 9.53. The van der Waals surface area contributed by atoms with E-state index in [1.54, 1.807) is 0 Å². The van der Waals surface area contributed by atoms with Crippen LogP contribution in [0.5, 0.6) is 0 Å². The molecule has 0 saturated carbocycles. The number of hydrogen-bond donors (Lipinski definition) is 4. The fraction of sp³-hybridized carbons (Fsp3) is 0.474. The van der Waals surface area contributed by atoms with Crippen molar-refractivity contribution in [2.45, 2.75) is 19.4 Å². The highest BCUT2D eigenvalue weighted by Gasteiger charge is 2.20. The lowest BCUT2D eigenvalue weighted by molar-refractivity contribution is -0.137. The fourth-order valence-electron chi connectivity index (χ4n) is 2.96. The Bertz CT molecular complexity index is 811. The second kappa shape index (κ2) is 9.99. The molecule has 2 heterocycles. The van der Waals surface area contributed by atoms with Crippen molar-refractivity contribution >= 4 is 23.8 Å². The monoisotopic (exact) mass is 402 g/mol. The smallest absolute Gasteiger partial charge is 0.305 e. The Hall–Kier alpha value is -2.98. The molecule has 1 atom stereocenters. The Labute approximate surface area is 169 Å². The molecule has 0 aliphatic carbocycles. The van der Waals surface area contributed by atoms with Crippen molar-refractivity contribution in [3.05, 3.63) is 35.4 Å². The third kappa shape index (κ3) is 6.00. The number of nitrogens with one attached hydrogen (secondary N) is 2. The number of aliphatic hydroxyl groups excluding tert-OH is 1. The summed E-state index contributed by atoms with van der Waals surface area (Å²) in [6.07, 6.45) is -0.124. The van der Waals surface area contributed by atoms with Crippen LogP contribution in [0, 0.1) is 6.92 Å². The van der Waals surface area contributed by atoms with Crippen molar-refractivity contribution in [2.24, 2.45) is 0 Å². The first kappa shape index (κ1) is 20.7. The van der Waals surface area contributed by atoms with Crippen LogP contribution in [-0.2, 0) is 9.53 Å². The maximum atomic E-state index is 11.4. The van der Waals surface area contributed by atoms with E-state index >= 15 is 0 Å². The zero-order valence-corrected chi connectivity index (χ0v) is 16.3. The molecule has 0 amide bonds. The number of anilines is 3. The molecule has 1 fully saturated rings. The van der Waals surface area contributed by atoms with Gasteiger partial charge in [-0.05, 0) is 12.5 Å². The number of morpholine rings is 1. The zero-order valence-electron chi connectivity index (χ0n) is 16.3. The molecule has 2 aromatic rings. The van der Waals surface area contributed by atoms with Crippen LogP contribution < -0.4 is 15.5 Å². The van der Waals surface area contributed by atoms with Gasteiger partial charge < -0.3 is 30.5 Å². The molecule has 0 spiro atoms. The van der Waals surface area contributed by atoms with Crippen LogP contribution in [0.4, 0.5) is 17.8 Å². The predicted molar refractivity (Wildman–Crippen MR) is 108 cm³/mol. The van der Waals surface area contributed by atoms with Crippen molar-refractivity contribution < 1.29 is 19.7 Å². The molecular weight excluding hydrogens is 376 g/mol. The topological polar surface area (TPSA) is 133 Å². The van der Waals surface area contributed by atoms with Gasteiger partial charge in [0.2, 0.25) is 17.8 Å². The summed E-state index contributed by atoms with van der Waals surface area (Å²) in [7, 11) is 0. The summed E-state index contributed by atoms with van der Waals surface area (Å²) >= 11 is 0. The number of aromatic nitrogens is 3. The number of aliphatic hydroxyl groups is 1. The Morgan fingerprint density at radius 1 is 1.17 bits per heavy atom. The number of carboxylic acids is 1. The second-order valence-electron chi connectivity index (χ2n) is 6.74. The average Bonchev–Trinajstić information content (AvgIpc) is 2.72. The molecule has 29 heavy (non-hydrogen) atoms. The van der Waals surface area contributed by atoms with Gasteiger partial charge in [-0.25, -0.2) is 0 Å². The number of carboxylic acid groups (broad SMARTS) is 1. The summed E-state index contributed by atoms with van der Waals surface area (Å²) in [6, 6.07) is 7.16. The maximum Gasteiger partial charge on any atom is 0.305 e. The molecule has 0 bridgehead atoms. The fourth-order valence-corrected chi connectivity index (χ4v) is 2.96. The standard InChI is InChI=1S/C19H26N6O4/c1-13-2-4-14(5-3-13)15(12-16(27)28)21-18-22-17(20-6-9-26)23-19(24-18)25-7-10-29-11-8-25/h2-5,15,26H,6-12H2,1H3,(H,27,28)(H2,20,21,22,23,24). The maximum absolute atomic E-state index is 11.4. The van der Waals surface area contributed by atoms with Gasteiger partial charge in [0.25, 0.3) is 0 Å². The molecule has 1 aliphatic rings. The summed E-state index contributed by atoms with van der Waals surface area (Å²) in [5, 5.41) is 24.5. The van der Waals surface area contributed by atoms with E-state index in [0.29, 0.717) is 44.7 Å². The van der Waals surface area contributed by atoms with Gasteiger partial charge in [0.15, 0.2) is 0 Å². The van der Waals surface area contributed by atoms with Crippen LogP contribution in [0.25, 0.3) is 0 Å². The van der Waals surface area contributed by atoms with Gasteiger partial charge in [-0.3, -0.25) is 4.79 Å². The quantitative estimate of drug-likeness (QED) is 0.482. The normalized spacial score (nSPS) is 15.0.